The maximum Gasteiger partial charge on any atom is 0.222 e. The molecule has 1 saturated carbocycles. The molecule has 1 aliphatic carbocycles. The summed E-state index contributed by atoms with van der Waals surface area (Å²) in [6, 6.07) is 13.5. The van der Waals surface area contributed by atoms with E-state index in [9.17, 15) is 0 Å². The molecule has 12 nitrogen and oxygen atoms in total. The van der Waals surface area contributed by atoms with Crippen LogP contribution in [0.25, 0.3) is 56.3 Å². The summed E-state index contributed by atoms with van der Waals surface area (Å²) in [6.45, 7) is 2.00. The molecule has 0 saturated heterocycles. The minimum Gasteiger partial charge on any atom is -0.490 e. The van der Waals surface area contributed by atoms with Crippen molar-refractivity contribution >= 4 is 22.6 Å². The molecule has 3 N–H and O–H groups in total. The molecule has 8 rings (SSSR count). The lowest BCUT2D eigenvalue weighted by molar-refractivity contribution is 0.211. The smallest absolute Gasteiger partial charge is 0.222 e. The number of nitrogen functional groups attached to an aromatic ring is 1. The highest BCUT2D eigenvalue weighted by atomic mass is 16.5. The average Bonchev–Trinajstić information content (AvgIpc) is 3.83. The fourth-order valence-electron chi connectivity index (χ4n) is 5.73. The third kappa shape index (κ3) is 3.99. The van der Waals surface area contributed by atoms with E-state index in [1.54, 1.807) is 17.1 Å². The first kappa shape index (κ1) is 24.3. The van der Waals surface area contributed by atoms with Gasteiger partial charge in [-0.15, -0.1) is 5.10 Å². The van der Waals surface area contributed by atoms with Gasteiger partial charge in [-0.2, -0.15) is 14.8 Å². The minimum atomic E-state index is 0.0821. The lowest BCUT2D eigenvalue weighted by Gasteiger charge is -2.17. The van der Waals surface area contributed by atoms with Gasteiger partial charge in [0.1, 0.15) is 22.6 Å². The molecule has 1 fully saturated rings. The van der Waals surface area contributed by atoms with Crippen LogP contribution in [-0.2, 0) is 0 Å². The number of fused-ring (bicyclic) bond motifs is 2. The molecule has 0 radical (unpaired) electrons. The molecule has 7 aromatic rings. The molecule has 0 spiro atoms. The number of nitrogens with zero attached hydrogens (tertiary/aromatic N) is 8. The minimum absolute atomic E-state index is 0.0821. The second-order valence-electron chi connectivity index (χ2n) is 10.5. The molecule has 0 bridgehead atoms. The number of aromatic amines is 1. The number of furan rings is 1. The molecule has 0 amide bonds. The van der Waals surface area contributed by atoms with Crippen molar-refractivity contribution in [2.75, 3.05) is 5.73 Å². The van der Waals surface area contributed by atoms with E-state index < -0.39 is 0 Å². The van der Waals surface area contributed by atoms with Gasteiger partial charge in [-0.25, -0.2) is 9.97 Å². The summed E-state index contributed by atoms with van der Waals surface area (Å²) in [7, 11) is 0. The van der Waals surface area contributed by atoms with E-state index in [2.05, 4.69) is 30.5 Å². The maximum atomic E-state index is 6.49. The SMILES string of the molecule is Cc1cnc2ccc(-c3c(-c4ccco4)nc(N)nc3-n3nnc4cc(OC5CCCC5)c(-c5ccn[nH]5)cc43)cn12. The predicted molar refractivity (Wildman–Crippen MR) is 156 cm³/mol. The van der Waals surface area contributed by atoms with Gasteiger partial charge in [0.2, 0.25) is 5.95 Å². The highest BCUT2D eigenvalue weighted by molar-refractivity contribution is 5.89. The van der Waals surface area contributed by atoms with E-state index in [-0.39, 0.29) is 12.1 Å². The number of nitrogens with one attached hydrogen (secondary N) is 1. The van der Waals surface area contributed by atoms with Crippen LogP contribution in [0.2, 0.25) is 0 Å². The van der Waals surface area contributed by atoms with Gasteiger partial charge in [-0.3, -0.25) is 5.10 Å². The second kappa shape index (κ2) is 9.54. The van der Waals surface area contributed by atoms with Crippen LogP contribution in [0.5, 0.6) is 5.75 Å². The predicted octanol–water partition coefficient (Wildman–Crippen LogP) is 5.39. The van der Waals surface area contributed by atoms with Gasteiger partial charge in [-0.1, -0.05) is 5.21 Å². The van der Waals surface area contributed by atoms with Crippen LogP contribution in [0.4, 0.5) is 5.95 Å². The fraction of sp³-hybridized carbons (Fsp3) is 0.200. The quantitative estimate of drug-likeness (QED) is 0.274. The number of ether oxygens (including phenoxy) is 1. The van der Waals surface area contributed by atoms with Crippen LogP contribution < -0.4 is 10.5 Å². The standard InChI is InChI=1S/C30H26N10O2/c1-17-15-32-26-9-8-18(16-39(17)26)27-28(24-7-4-12-41-24)34-30(31)35-29(27)40-23-13-20(21-10-11-33-36-21)25(14-22(23)37-38-40)42-19-5-2-3-6-19/h4,7-16,19H,2-3,5-6H2,1H3,(H,33,36)(H2,31,34,35). The number of rotatable bonds is 6. The van der Waals surface area contributed by atoms with Crippen LogP contribution in [0.15, 0.2) is 71.7 Å². The first-order valence-corrected chi connectivity index (χ1v) is 13.8. The Morgan fingerprint density at radius 1 is 1.10 bits per heavy atom. The molecule has 1 aliphatic rings. The van der Waals surface area contributed by atoms with Crippen molar-refractivity contribution in [2.24, 2.45) is 0 Å². The van der Waals surface area contributed by atoms with Gasteiger partial charge in [0.05, 0.1) is 29.1 Å². The van der Waals surface area contributed by atoms with Gasteiger partial charge in [0.15, 0.2) is 11.6 Å². The van der Waals surface area contributed by atoms with Crippen LogP contribution in [-0.4, -0.2) is 50.6 Å². The van der Waals surface area contributed by atoms with Crippen LogP contribution in [0.1, 0.15) is 31.4 Å². The number of H-pyrrole nitrogens is 1. The number of nitrogens with two attached hydrogens (primary N) is 1. The summed E-state index contributed by atoms with van der Waals surface area (Å²) in [6.07, 6.45) is 11.7. The average molecular weight is 559 g/mol. The number of anilines is 1. The van der Waals surface area contributed by atoms with Gasteiger partial charge >= 0.3 is 0 Å². The zero-order chi connectivity index (χ0) is 28.2. The Labute approximate surface area is 239 Å². The van der Waals surface area contributed by atoms with Gasteiger partial charge in [0.25, 0.3) is 0 Å². The highest BCUT2D eigenvalue weighted by Crippen LogP contribution is 2.39. The Bertz CT molecular complexity index is 2050. The van der Waals surface area contributed by atoms with Crippen LogP contribution in [0, 0.1) is 6.92 Å². The summed E-state index contributed by atoms with van der Waals surface area (Å²) in [5.41, 5.74) is 13.3. The Morgan fingerprint density at radius 3 is 2.81 bits per heavy atom. The second-order valence-corrected chi connectivity index (χ2v) is 10.5. The number of hydrogen-bond acceptors (Lipinski definition) is 9. The Kier molecular flexibility index (Phi) is 5.52. The summed E-state index contributed by atoms with van der Waals surface area (Å²) >= 11 is 0. The van der Waals surface area contributed by atoms with Crippen LogP contribution >= 0.6 is 0 Å². The normalized spacial score (nSPS) is 13.9. The number of aromatic nitrogens is 9. The number of imidazole rings is 1. The van der Waals surface area contributed by atoms with Crippen molar-refractivity contribution in [3.63, 3.8) is 0 Å². The van der Waals surface area contributed by atoms with Crippen molar-refractivity contribution in [2.45, 2.75) is 38.7 Å². The van der Waals surface area contributed by atoms with Crippen LogP contribution in [0.3, 0.4) is 0 Å². The summed E-state index contributed by atoms with van der Waals surface area (Å²) in [5.74, 6) is 1.84. The van der Waals surface area contributed by atoms with E-state index in [0.29, 0.717) is 28.4 Å². The van der Waals surface area contributed by atoms with E-state index in [0.717, 1.165) is 52.3 Å². The molecule has 0 unspecified atom stereocenters. The molecule has 6 heterocycles. The lowest BCUT2D eigenvalue weighted by Crippen LogP contribution is -2.12. The third-order valence-corrected chi connectivity index (χ3v) is 7.78. The summed E-state index contributed by atoms with van der Waals surface area (Å²) in [4.78, 5) is 13.8. The Morgan fingerprint density at radius 2 is 2.00 bits per heavy atom. The molecule has 42 heavy (non-hydrogen) atoms. The monoisotopic (exact) mass is 558 g/mol. The van der Waals surface area contributed by atoms with Gasteiger partial charge in [-0.05, 0) is 69.0 Å². The van der Waals surface area contributed by atoms with Gasteiger partial charge < -0.3 is 19.3 Å². The lowest BCUT2D eigenvalue weighted by atomic mass is 10.0. The van der Waals surface area contributed by atoms with E-state index >= 15 is 0 Å². The molecule has 0 aliphatic heterocycles. The molecular formula is C30H26N10O2. The van der Waals surface area contributed by atoms with Crippen molar-refractivity contribution in [1.82, 2.24) is 44.5 Å². The molecule has 0 atom stereocenters. The number of pyridine rings is 1. The van der Waals surface area contributed by atoms with E-state index in [1.807, 2.05) is 66.2 Å². The van der Waals surface area contributed by atoms with Crippen molar-refractivity contribution < 1.29 is 9.15 Å². The first-order valence-electron chi connectivity index (χ1n) is 13.8. The Balaban J connectivity index is 1.38. The number of hydrogen-bond donors (Lipinski definition) is 2. The fourth-order valence-corrected chi connectivity index (χ4v) is 5.73. The van der Waals surface area contributed by atoms with Crippen molar-refractivity contribution in [1.29, 1.82) is 0 Å². The summed E-state index contributed by atoms with van der Waals surface area (Å²) < 4.78 is 16.0. The van der Waals surface area contributed by atoms with Crippen molar-refractivity contribution in [3.8, 4) is 45.4 Å². The molecule has 12 heteroatoms. The first-order chi connectivity index (χ1) is 20.6. The van der Waals surface area contributed by atoms with E-state index in [4.69, 9.17) is 19.9 Å². The largest absolute Gasteiger partial charge is 0.490 e. The Hall–Kier alpha value is -5.52. The molecule has 6 aromatic heterocycles. The summed E-state index contributed by atoms with van der Waals surface area (Å²) in [5, 5.41) is 16.4. The molecular weight excluding hydrogens is 532 g/mol. The molecule has 1 aromatic carbocycles. The van der Waals surface area contributed by atoms with Crippen molar-refractivity contribution in [3.05, 3.63) is 73.0 Å². The highest BCUT2D eigenvalue weighted by Gasteiger charge is 2.25. The maximum absolute atomic E-state index is 6.49. The topological polar surface area (TPSA) is 151 Å². The molecule has 208 valence electrons. The van der Waals surface area contributed by atoms with E-state index in [1.165, 1.54) is 12.8 Å². The zero-order valence-electron chi connectivity index (χ0n) is 22.7. The number of aryl methyl sites for hydroxylation is 1. The third-order valence-electron chi connectivity index (χ3n) is 7.78. The van der Waals surface area contributed by atoms with Gasteiger partial charge in [0, 0.05) is 41.5 Å². The zero-order valence-corrected chi connectivity index (χ0v) is 22.7. The number of benzene rings is 1.